The maximum Gasteiger partial charge on any atom is 0.289 e. The number of hydrogen-bond donors (Lipinski definition) is 0. The van der Waals surface area contributed by atoms with Crippen molar-refractivity contribution in [2.24, 2.45) is 0 Å². The van der Waals surface area contributed by atoms with Crippen molar-refractivity contribution in [2.45, 2.75) is 18.8 Å². The number of likely N-dealkylation sites (tertiary alicyclic amines) is 1. The summed E-state index contributed by atoms with van der Waals surface area (Å²) in [5.41, 5.74) is 0.690. The van der Waals surface area contributed by atoms with Gasteiger partial charge in [-0.05, 0) is 47.0 Å². The van der Waals surface area contributed by atoms with Gasteiger partial charge in [-0.25, -0.2) is 0 Å². The predicted octanol–water partition coefficient (Wildman–Crippen LogP) is 2.51. The quantitative estimate of drug-likeness (QED) is 0.665. The molecule has 1 aliphatic heterocycles. The van der Waals surface area contributed by atoms with Crippen molar-refractivity contribution in [3.05, 3.63) is 40.5 Å². The second-order valence-corrected chi connectivity index (χ2v) is 6.66. The molecule has 0 bridgehead atoms. The average Bonchev–Trinajstić information content (AvgIpc) is 3.27. The molecule has 1 aliphatic rings. The summed E-state index contributed by atoms with van der Waals surface area (Å²) in [6.07, 6.45) is 1.60. The van der Waals surface area contributed by atoms with E-state index in [2.05, 4.69) is 31.2 Å². The van der Waals surface area contributed by atoms with Crippen LogP contribution in [0.15, 0.2) is 33.4 Å². The summed E-state index contributed by atoms with van der Waals surface area (Å²) in [7, 11) is 1.58. The molecular weight excluding hydrogens is 390 g/mol. The van der Waals surface area contributed by atoms with Gasteiger partial charge in [-0.1, -0.05) is 0 Å². The second-order valence-electron chi connectivity index (χ2n) is 5.87. The molecule has 3 aromatic rings. The van der Waals surface area contributed by atoms with E-state index in [0.717, 1.165) is 18.7 Å². The van der Waals surface area contributed by atoms with Crippen molar-refractivity contribution in [3.63, 3.8) is 0 Å². The van der Waals surface area contributed by atoms with E-state index in [0.29, 0.717) is 35.0 Å². The van der Waals surface area contributed by atoms with E-state index in [-0.39, 0.29) is 11.8 Å². The topological polar surface area (TPSA) is 85.8 Å². The highest BCUT2D eigenvalue weighted by Gasteiger charge is 2.29. The lowest BCUT2D eigenvalue weighted by molar-refractivity contribution is 0.0677. The molecule has 0 unspecified atom stereocenters. The number of amides is 1. The smallest absolute Gasteiger partial charge is 0.289 e. The minimum atomic E-state index is -0.0879. The Kier molecular flexibility index (Phi) is 4.16. The first-order valence-corrected chi connectivity index (χ1v) is 8.76. The third-order valence-electron chi connectivity index (χ3n) is 4.40. The molecule has 4 rings (SSSR count). The maximum absolute atomic E-state index is 12.5. The summed E-state index contributed by atoms with van der Waals surface area (Å²) < 4.78 is 12.8. The van der Waals surface area contributed by atoms with Crippen molar-refractivity contribution in [1.82, 2.24) is 24.7 Å². The van der Waals surface area contributed by atoms with Crippen molar-refractivity contribution in [3.8, 4) is 5.88 Å². The average molecular weight is 406 g/mol. The molecule has 0 N–H and O–H groups in total. The number of halogens is 1. The fourth-order valence-corrected chi connectivity index (χ4v) is 3.38. The van der Waals surface area contributed by atoms with Gasteiger partial charge in [-0.15, -0.1) is 15.3 Å². The van der Waals surface area contributed by atoms with Gasteiger partial charge in [-0.2, -0.15) is 4.52 Å². The molecular formula is C16H16BrN5O3. The molecule has 9 heteroatoms. The van der Waals surface area contributed by atoms with Crippen LogP contribution in [0.1, 0.15) is 35.1 Å². The Bertz CT molecular complexity index is 914. The molecule has 3 aromatic heterocycles. The number of fused-ring (bicyclic) bond motifs is 1. The van der Waals surface area contributed by atoms with Gasteiger partial charge in [0.1, 0.15) is 0 Å². The molecule has 25 heavy (non-hydrogen) atoms. The lowest BCUT2D eigenvalue weighted by Crippen LogP contribution is -2.38. The van der Waals surface area contributed by atoms with Crippen molar-refractivity contribution < 1.29 is 13.9 Å². The summed E-state index contributed by atoms with van der Waals surface area (Å²) in [5, 5.41) is 12.9. The summed E-state index contributed by atoms with van der Waals surface area (Å²) in [6, 6.07) is 6.99. The van der Waals surface area contributed by atoms with Crippen LogP contribution in [-0.2, 0) is 0 Å². The molecule has 1 fully saturated rings. The fraction of sp³-hybridized carbons (Fsp3) is 0.375. The number of piperidine rings is 1. The number of methoxy groups -OCH3 is 1. The molecule has 0 atom stereocenters. The number of aromatic nitrogens is 4. The van der Waals surface area contributed by atoms with Crippen LogP contribution in [-0.4, -0.2) is 50.8 Å². The van der Waals surface area contributed by atoms with E-state index < -0.39 is 0 Å². The van der Waals surface area contributed by atoms with E-state index in [1.807, 2.05) is 6.07 Å². The number of nitrogens with zero attached hydrogens (tertiary/aromatic N) is 5. The van der Waals surface area contributed by atoms with Crippen LogP contribution in [0.4, 0.5) is 0 Å². The van der Waals surface area contributed by atoms with Gasteiger partial charge in [-0.3, -0.25) is 4.79 Å². The molecule has 130 valence electrons. The monoisotopic (exact) mass is 405 g/mol. The Labute approximate surface area is 151 Å². The van der Waals surface area contributed by atoms with E-state index >= 15 is 0 Å². The SMILES string of the molecule is COc1ccc2nnc(C3CCN(C(=O)c4ccc(Br)o4)CC3)n2n1. The summed E-state index contributed by atoms with van der Waals surface area (Å²) in [5.74, 6) is 1.79. The zero-order valence-electron chi connectivity index (χ0n) is 13.6. The number of carbonyl (C=O) groups is 1. The van der Waals surface area contributed by atoms with Crippen molar-refractivity contribution in [1.29, 1.82) is 0 Å². The fourth-order valence-electron chi connectivity index (χ4n) is 3.08. The van der Waals surface area contributed by atoms with Gasteiger partial charge >= 0.3 is 0 Å². The standard InChI is InChI=1S/C16H16BrN5O3/c1-24-14-5-4-13-18-19-15(22(13)20-14)10-6-8-21(9-7-10)16(23)11-2-3-12(17)25-11/h2-5,10H,6-9H2,1H3. The normalized spacial score (nSPS) is 15.7. The van der Waals surface area contributed by atoms with Gasteiger partial charge in [0.05, 0.1) is 7.11 Å². The molecule has 8 nitrogen and oxygen atoms in total. The van der Waals surface area contributed by atoms with Gasteiger partial charge < -0.3 is 14.1 Å². The lowest BCUT2D eigenvalue weighted by atomic mass is 9.96. The molecule has 1 amide bonds. The summed E-state index contributed by atoms with van der Waals surface area (Å²) >= 11 is 3.22. The summed E-state index contributed by atoms with van der Waals surface area (Å²) in [4.78, 5) is 14.3. The molecule has 1 saturated heterocycles. The molecule has 0 spiro atoms. The first kappa shape index (κ1) is 16.1. The van der Waals surface area contributed by atoms with E-state index in [9.17, 15) is 4.79 Å². The van der Waals surface area contributed by atoms with Gasteiger partial charge in [0, 0.05) is 25.1 Å². The third kappa shape index (κ3) is 2.99. The number of ether oxygens (including phenoxy) is 1. The van der Waals surface area contributed by atoms with E-state index in [4.69, 9.17) is 9.15 Å². The zero-order valence-corrected chi connectivity index (χ0v) is 15.1. The largest absolute Gasteiger partial charge is 0.480 e. The van der Waals surface area contributed by atoms with E-state index in [1.54, 1.807) is 34.7 Å². The maximum atomic E-state index is 12.5. The first-order chi connectivity index (χ1) is 12.2. The highest BCUT2D eigenvalue weighted by molar-refractivity contribution is 9.10. The van der Waals surface area contributed by atoms with Gasteiger partial charge in [0.2, 0.25) is 5.88 Å². The minimum absolute atomic E-state index is 0.0879. The number of hydrogen-bond acceptors (Lipinski definition) is 6. The zero-order chi connectivity index (χ0) is 17.4. The Hall–Kier alpha value is -2.42. The van der Waals surface area contributed by atoms with E-state index in [1.165, 1.54) is 0 Å². The van der Waals surface area contributed by atoms with Crippen LogP contribution in [0, 0.1) is 0 Å². The van der Waals surface area contributed by atoms with Crippen LogP contribution in [0.3, 0.4) is 0 Å². The summed E-state index contributed by atoms with van der Waals surface area (Å²) in [6.45, 7) is 1.28. The minimum Gasteiger partial charge on any atom is -0.480 e. The van der Waals surface area contributed by atoms with Gasteiger partial charge in [0.15, 0.2) is 21.9 Å². The molecule has 0 aromatic carbocycles. The van der Waals surface area contributed by atoms with Crippen LogP contribution in [0.25, 0.3) is 5.65 Å². The Morgan fingerprint density at radius 3 is 2.72 bits per heavy atom. The predicted molar refractivity (Wildman–Crippen MR) is 91.6 cm³/mol. The molecule has 0 saturated carbocycles. The molecule has 0 radical (unpaired) electrons. The Morgan fingerprint density at radius 2 is 2.04 bits per heavy atom. The Balaban J connectivity index is 1.49. The van der Waals surface area contributed by atoms with Crippen LogP contribution in [0.2, 0.25) is 0 Å². The van der Waals surface area contributed by atoms with Crippen LogP contribution < -0.4 is 4.74 Å². The molecule has 4 heterocycles. The number of furan rings is 1. The highest BCUT2D eigenvalue weighted by Crippen LogP contribution is 2.28. The van der Waals surface area contributed by atoms with Crippen molar-refractivity contribution in [2.75, 3.05) is 20.2 Å². The molecule has 0 aliphatic carbocycles. The number of rotatable bonds is 3. The lowest BCUT2D eigenvalue weighted by Gasteiger charge is -2.30. The second kappa shape index (κ2) is 6.47. The van der Waals surface area contributed by atoms with Crippen molar-refractivity contribution >= 4 is 27.5 Å². The van der Waals surface area contributed by atoms with Gasteiger partial charge in [0.25, 0.3) is 5.91 Å². The highest BCUT2D eigenvalue weighted by atomic mass is 79.9. The Morgan fingerprint density at radius 1 is 1.24 bits per heavy atom. The first-order valence-electron chi connectivity index (χ1n) is 7.96. The number of carbonyl (C=O) groups excluding carboxylic acids is 1. The van der Waals surface area contributed by atoms with Crippen LogP contribution in [0.5, 0.6) is 5.88 Å². The van der Waals surface area contributed by atoms with Crippen LogP contribution >= 0.6 is 15.9 Å². The third-order valence-corrected chi connectivity index (χ3v) is 4.83.